The molecule has 13 heteroatoms. The number of aromatic amines is 2. The van der Waals surface area contributed by atoms with Crippen molar-refractivity contribution in [2.24, 2.45) is 0 Å². The summed E-state index contributed by atoms with van der Waals surface area (Å²) in [7, 11) is 1.18. The lowest BCUT2D eigenvalue weighted by Crippen LogP contribution is -2.46. The number of carbonyl (C=O) groups is 2. The highest BCUT2D eigenvalue weighted by Gasteiger charge is 2.41. The van der Waals surface area contributed by atoms with Crippen molar-refractivity contribution in [2.45, 2.75) is 56.9 Å². The molecule has 0 bridgehead atoms. The van der Waals surface area contributed by atoms with Gasteiger partial charge in [-0.3, -0.25) is 4.79 Å². The SMILES string of the molecule is COC(=O)NC(C)C(=O)N1CCC[C@H]1c1nc(C(F)(F)F)c(-c2ccc(-c3ccc(-c4cnc(C5CCCN5)[nH]4)cc3)cc2)[nH]1. The zero-order valence-electron chi connectivity index (χ0n) is 24.9. The van der Waals surface area contributed by atoms with Crippen molar-refractivity contribution in [3.05, 3.63) is 72.1 Å². The van der Waals surface area contributed by atoms with Crippen LogP contribution in [0, 0.1) is 0 Å². The van der Waals surface area contributed by atoms with Gasteiger partial charge in [-0.2, -0.15) is 13.2 Å². The van der Waals surface area contributed by atoms with E-state index in [9.17, 15) is 22.8 Å². The molecule has 3 atom stereocenters. The van der Waals surface area contributed by atoms with Crippen molar-refractivity contribution in [2.75, 3.05) is 20.2 Å². The summed E-state index contributed by atoms with van der Waals surface area (Å²) < 4.78 is 47.1. The fourth-order valence-corrected chi connectivity index (χ4v) is 6.07. The standard InChI is InChI=1S/C32H34F3N7O3/c1-18(38-31(44)45-2)30(43)42-16-4-6-25(42)29-40-26(27(41-29)32(33,34)35)22-13-9-20(10-14-22)19-7-11-21(12-8-19)24-17-37-28(39-24)23-5-3-15-36-23/h7-14,17-18,23,25,36H,3-6,15-16H2,1-2H3,(H,37,39)(H,38,44)(H,40,41)/t18?,23?,25-/m0/s1. The van der Waals surface area contributed by atoms with Gasteiger partial charge in [-0.15, -0.1) is 0 Å². The monoisotopic (exact) mass is 621 g/mol. The Balaban J connectivity index is 1.21. The number of amides is 2. The van der Waals surface area contributed by atoms with E-state index in [1.54, 1.807) is 24.3 Å². The Morgan fingerprint density at radius 1 is 0.956 bits per heavy atom. The van der Waals surface area contributed by atoms with Crippen LogP contribution in [0.4, 0.5) is 18.0 Å². The highest BCUT2D eigenvalue weighted by atomic mass is 19.4. The zero-order chi connectivity index (χ0) is 31.7. The second-order valence-corrected chi connectivity index (χ2v) is 11.4. The van der Waals surface area contributed by atoms with Crippen molar-refractivity contribution in [1.29, 1.82) is 0 Å². The smallest absolute Gasteiger partial charge is 0.435 e. The Morgan fingerprint density at radius 3 is 2.24 bits per heavy atom. The van der Waals surface area contributed by atoms with E-state index in [2.05, 4.69) is 35.3 Å². The Kier molecular flexibility index (Phi) is 8.36. The summed E-state index contributed by atoms with van der Waals surface area (Å²) in [5.41, 5.74) is 2.79. The number of halogens is 3. The summed E-state index contributed by atoms with van der Waals surface area (Å²) in [6.07, 6.45) is -0.444. The molecule has 0 radical (unpaired) electrons. The molecule has 10 nitrogen and oxygen atoms in total. The van der Waals surface area contributed by atoms with Gasteiger partial charge >= 0.3 is 12.3 Å². The van der Waals surface area contributed by atoms with Crippen molar-refractivity contribution >= 4 is 12.0 Å². The van der Waals surface area contributed by atoms with Crippen molar-refractivity contribution in [3.63, 3.8) is 0 Å². The lowest BCUT2D eigenvalue weighted by atomic mass is 10.0. The number of alkyl halides is 3. The molecule has 0 saturated carbocycles. The maximum atomic E-state index is 14.2. The third kappa shape index (κ3) is 6.30. The van der Waals surface area contributed by atoms with Gasteiger partial charge < -0.3 is 30.2 Å². The normalized spacial score (nSPS) is 19.1. The third-order valence-electron chi connectivity index (χ3n) is 8.42. The number of imidazole rings is 2. The molecule has 2 aromatic heterocycles. The number of rotatable bonds is 7. The van der Waals surface area contributed by atoms with Crippen LogP contribution in [-0.4, -0.2) is 63.1 Å². The van der Waals surface area contributed by atoms with E-state index in [4.69, 9.17) is 0 Å². The van der Waals surface area contributed by atoms with Crippen LogP contribution in [0.2, 0.25) is 0 Å². The Morgan fingerprint density at radius 2 is 1.62 bits per heavy atom. The number of likely N-dealkylation sites (tertiary alicyclic amines) is 1. The average molecular weight is 622 g/mol. The summed E-state index contributed by atoms with van der Waals surface area (Å²) in [4.78, 5) is 40.9. The van der Waals surface area contributed by atoms with E-state index in [0.29, 0.717) is 24.9 Å². The summed E-state index contributed by atoms with van der Waals surface area (Å²) in [6.45, 7) is 2.83. The molecule has 45 heavy (non-hydrogen) atoms. The molecule has 2 unspecified atom stereocenters. The van der Waals surface area contributed by atoms with E-state index in [1.165, 1.54) is 18.9 Å². The number of benzene rings is 2. The van der Waals surface area contributed by atoms with Crippen molar-refractivity contribution in [1.82, 2.24) is 35.5 Å². The number of hydrogen-bond acceptors (Lipinski definition) is 6. The van der Waals surface area contributed by atoms with Crippen LogP contribution in [-0.2, 0) is 15.7 Å². The molecule has 2 amide bonds. The Hall–Kier alpha value is -4.65. The first kappa shape index (κ1) is 30.4. The second-order valence-electron chi connectivity index (χ2n) is 11.4. The number of nitrogens with zero attached hydrogens (tertiary/aromatic N) is 3. The predicted molar refractivity (Wildman–Crippen MR) is 161 cm³/mol. The molecule has 2 saturated heterocycles. The van der Waals surface area contributed by atoms with Gasteiger partial charge in [0, 0.05) is 12.1 Å². The maximum Gasteiger partial charge on any atom is 0.435 e. The van der Waals surface area contributed by atoms with Gasteiger partial charge in [0.05, 0.1) is 36.8 Å². The fraction of sp³-hybridized carbons (Fsp3) is 0.375. The molecule has 6 rings (SSSR count). The molecular weight excluding hydrogens is 587 g/mol. The van der Waals surface area contributed by atoms with Gasteiger partial charge in [0.2, 0.25) is 5.91 Å². The van der Waals surface area contributed by atoms with E-state index in [1.807, 2.05) is 30.5 Å². The van der Waals surface area contributed by atoms with Crippen LogP contribution >= 0.6 is 0 Å². The molecule has 2 fully saturated rings. The highest BCUT2D eigenvalue weighted by molar-refractivity contribution is 5.85. The third-order valence-corrected chi connectivity index (χ3v) is 8.42. The minimum absolute atomic E-state index is 0.0544. The van der Waals surface area contributed by atoms with Crippen LogP contribution < -0.4 is 10.6 Å². The van der Waals surface area contributed by atoms with Crippen LogP contribution in [0.3, 0.4) is 0 Å². The summed E-state index contributed by atoms with van der Waals surface area (Å²) >= 11 is 0. The van der Waals surface area contributed by atoms with Gasteiger partial charge in [-0.1, -0.05) is 48.5 Å². The first-order valence-corrected chi connectivity index (χ1v) is 14.9. The molecule has 4 heterocycles. The van der Waals surface area contributed by atoms with Gasteiger partial charge in [0.15, 0.2) is 5.69 Å². The number of hydrogen-bond donors (Lipinski definition) is 4. The first-order chi connectivity index (χ1) is 21.6. The molecular formula is C32H34F3N7O3. The molecule has 236 valence electrons. The summed E-state index contributed by atoms with van der Waals surface area (Å²) in [6, 6.07) is 13.4. The summed E-state index contributed by atoms with van der Waals surface area (Å²) in [5.74, 6) is 0.557. The summed E-state index contributed by atoms with van der Waals surface area (Å²) in [5, 5.41) is 5.85. The van der Waals surface area contributed by atoms with E-state index >= 15 is 0 Å². The van der Waals surface area contributed by atoms with Crippen molar-refractivity contribution in [3.8, 4) is 33.6 Å². The number of carbonyl (C=O) groups excluding carboxylic acids is 2. The van der Waals surface area contributed by atoms with E-state index in [0.717, 1.165) is 47.6 Å². The Labute approximate surface area is 257 Å². The molecule has 2 aliphatic rings. The average Bonchev–Trinajstić information content (AvgIpc) is 3.86. The molecule has 0 spiro atoms. The lowest BCUT2D eigenvalue weighted by molar-refractivity contribution is -0.140. The van der Waals surface area contributed by atoms with Gasteiger partial charge in [-0.25, -0.2) is 14.8 Å². The van der Waals surface area contributed by atoms with Gasteiger partial charge in [0.1, 0.15) is 17.7 Å². The number of ether oxygens (including phenoxy) is 1. The topological polar surface area (TPSA) is 128 Å². The first-order valence-electron chi connectivity index (χ1n) is 14.9. The van der Waals surface area contributed by atoms with E-state index < -0.39 is 36.0 Å². The van der Waals surface area contributed by atoms with Gasteiger partial charge in [-0.05, 0) is 55.8 Å². The minimum atomic E-state index is -4.72. The van der Waals surface area contributed by atoms with E-state index in [-0.39, 0.29) is 17.6 Å². The van der Waals surface area contributed by atoms with Crippen molar-refractivity contribution < 1.29 is 27.5 Å². The molecule has 4 N–H and O–H groups in total. The fourth-order valence-electron chi connectivity index (χ4n) is 6.07. The Bertz CT molecular complexity index is 1660. The minimum Gasteiger partial charge on any atom is -0.453 e. The van der Waals surface area contributed by atoms with Crippen LogP contribution in [0.25, 0.3) is 33.6 Å². The number of methoxy groups -OCH3 is 1. The zero-order valence-corrected chi connectivity index (χ0v) is 24.9. The molecule has 2 aliphatic heterocycles. The van der Waals surface area contributed by atoms with Crippen LogP contribution in [0.5, 0.6) is 0 Å². The maximum absolute atomic E-state index is 14.2. The quantitative estimate of drug-likeness (QED) is 0.201. The lowest BCUT2D eigenvalue weighted by Gasteiger charge is -2.26. The number of alkyl carbamates (subject to hydrolysis) is 1. The van der Waals surface area contributed by atoms with Crippen LogP contribution in [0.1, 0.15) is 62.0 Å². The number of nitrogens with one attached hydrogen (secondary N) is 4. The number of aromatic nitrogens is 4. The second kappa shape index (κ2) is 12.4. The molecule has 0 aliphatic carbocycles. The number of H-pyrrole nitrogens is 2. The molecule has 4 aromatic rings. The largest absolute Gasteiger partial charge is 0.453 e. The van der Waals surface area contributed by atoms with Gasteiger partial charge in [0.25, 0.3) is 0 Å². The van der Waals surface area contributed by atoms with Crippen LogP contribution in [0.15, 0.2) is 54.7 Å². The predicted octanol–water partition coefficient (Wildman–Crippen LogP) is 5.99. The molecule has 2 aromatic carbocycles. The highest BCUT2D eigenvalue weighted by Crippen LogP contribution is 2.40.